The van der Waals surface area contributed by atoms with Gasteiger partial charge in [-0.2, -0.15) is 0 Å². The van der Waals surface area contributed by atoms with Crippen LogP contribution in [0.25, 0.3) is 0 Å². The number of unbranched alkanes of at least 4 members (excludes halogenated alkanes) is 1. The predicted octanol–water partition coefficient (Wildman–Crippen LogP) is 1.31. The van der Waals surface area contributed by atoms with Crippen LogP contribution in [0.15, 0.2) is 0 Å². The summed E-state index contributed by atoms with van der Waals surface area (Å²) in [7, 11) is 0. The van der Waals surface area contributed by atoms with E-state index in [1.54, 1.807) is 0 Å². The van der Waals surface area contributed by atoms with Gasteiger partial charge in [0.05, 0.1) is 0 Å². The summed E-state index contributed by atoms with van der Waals surface area (Å²) in [5, 5.41) is 0. The summed E-state index contributed by atoms with van der Waals surface area (Å²) < 4.78 is 0. The molecule has 1 amide bonds. The molecule has 1 aliphatic heterocycles. The van der Waals surface area contributed by atoms with Crippen LogP contribution < -0.4 is 5.73 Å². The highest BCUT2D eigenvalue weighted by atomic mass is 16.2. The first kappa shape index (κ1) is 14.3. The summed E-state index contributed by atoms with van der Waals surface area (Å²) in [6.07, 6.45) is 7.20. The molecule has 2 aliphatic carbocycles. The molecule has 3 fully saturated rings. The maximum atomic E-state index is 12.6. The number of fused-ring (bicyclic) bond motifs is 1. The maximum Gasteiger partial charge on any atom is 0.225 e. The van der Waals surface area contributed by atoms with Gasteiger partial charge in [-0.25, -0.2) is 0 Å². The summed E-state index contributed by atoms with van der Waals surface area (Å²) in [4.78, 5) is 17.2. The van der Waals surface area contributed by atoms with Crippen molar-refractivity contribution in [1.82, 2.24) is 9.80 Å². The fourth-order valence-corrected chi connectivity index (χ4v) is 4.07. The van der Waals surface area contributed by atoms with Crippen LogP contribution in [0.2, 0.25) is 0 Å². The number of hydrogen-bond acceptors (Lipinski definition) is 3. The number of carbonyl (C=O) groups is 1. The molecule has 4 heteroatoms. The van der Waals surface area contributed by atoms with Gasteiger partial charge in [0.1, 0.15) is 0 Å². The van der Waals surface area contributed by atoms with Crippen molar-refractivity contribution in [2.75, 3.05) is 39.3 Å². The molecule has 3 aliphatic rings. The van der Waals surface area contributed by atoms with E-state index >= 15 is 0 Å². The van der Waals surface area contributed by atoms with E-state index in [2.05, 4.69) is 9.80 Å². The fourth-order valence-electron chi connectivity index (χ4n) is 4.07. The van der Waals surface area contributed by atoms with Crippen molar-refractivity contribution in [3.05, 3.63) is 0 Å². The Balaban J connectivity index is 1.43. The van der Waals surface area contributed by atoms with Crippen molar-refractivity contribution in [3.63, 3.8) is 0 Å². The minimum absolute atomic E-state index is 0.363. The molecule has 0 aromatic heterocycles. The van der Waals surface area contributed by atoms with Crippen molar-refractivity contribution < 1.29 is 4.79 Å². The van der Waals surface area contributed by atoms with Crippen molar-refractivity contribution in [2.45, 2.75) is 38.5 Å². The standard InChI is InChI=1S/C16H29N3O/c17-4-1-2-5-18-6-3-7-19(9-8-18)16(20)15-11-13-10-14(13)12-15/h13-15H,1-12,17H2. The lowest BCUT2D eigenvalue weighted by Crippen LogP contribution is -2.38. The molecule has 20 heavy (non-hydrogen) atoms. The second-order valence-electron chi connectivity index (χ2n) is 6.94. The third kappa shape index (κ3) is 3.34. The van der Waals surface area contributed by atoms with Gasteiger partial charge in [0, 0.05) is 25.6 Å². The third-order valence-electron chi connectivity index (χ3n) is 5.42. The van der Waals surface area contributed by atoms with E-state index in [-0.39, 0.29) is 0 Å². The van der Waals surface area contributed by atoms with E-state index in [1.807, 2.05) is 0 Å². The van der Waals surface area contributed by atoms with Crippen LogP contribution in [0.5, 0.6) is 0 Å². The van der Waals surface area contributed by atoms with Crippen LogP contribution in [0.1, 0.15) is 38.5 Å². The Hall–Kier alpha value is -0.610. The molecule has 2 unspecified atom stereocenters. The van der Waals surface area contributed by atoms with Crippen LogP contribution in [-0.2, 0) is 4.79 Å². The van der Waals surface area contributed by atoms with E-state index < -0.39 is 0 Å². The van der Waals surface area contributed by atoms with E-state index in [0.717, 1.165) is 63.9 Å². The molecular weight excluding hydrogens is 250 g/mol. The highest BCUT2D eigenvalue weighted by molar-refractivity contribution is 5.79. The minimum atomic E-state index is 0.363. The zero-order valence-corrected chi connectivity index (χ0v) is 12.6. The van der Waals surface area contributed by atoms with Crippen molar-refractivity contribution >= 4 is 5.91 Å². The largest absolute Gasteiger partial charge is 0.341 e. The van der Waals surface area contributed by atoms with Crippen molar-refractivity contribution in [2.24, 2.45) is 23.5 Å². The fraction of sp³-hybridized carbons (Fsp3) is 0.938. The lowest BCUT2D eigenvalue weighted by Gasteiger charge is -2.25. The first-order valence-corrected chi connectivity index (χ1v) is 8.49. The number of hydrogen-bond donors (Lipinski definition) is 1. The molecule has 2 atom stereocenters. The number of nitrogens with two attached hydrogens (primary N) is 1. The average Bonchev–Trinajstić information content (AvgIpc) is 3.14. The van der Waals surface area contributed by atoms with Crippen LogP contribution in [0, 0.1) is 17.8 Å². The Morgan fingerprint density at radius 3 is 2.55 bits per heavy atom. The molecule has 0 radical (unpaired) electrons. The second kappa shape index (κ2) is 6.44. The van der Waals surface area contributed by atoms with Gasteiger partial charge in [-0.05, 0) is 70.0 Å². The summed E-state index contributed by atoms with van der Waals surface area (Å²) in [5.74, 6) is 2.64. The summed E-state index contributed by atoms with van der Waals surface area (Å²) >= 11 is 0. The van der Waals surface area contributed by atoms with E-state index in [1.165, 1.54) is 25.7 Å². The molecule has 2 saturated carbocycles. The number of rotatable bonds is 5. The summed E-state index contributed by atoms with van der Waals surface area (Å²) in [6, 6.07) is 0. The molecule has 2 N–H and O–H groups in total. The SMILES string of the molecule is NCCCCN1CCCN(C(=O)C2CC3CC3C2)CC1. The van der Waals surface area contributed by atoms with E-state index in [0.29, 0.717) is 11.8 Å². The number of amides is 1. The van der Waals surface area contributed by atoms with Gasteiger partial charge in [-0.3, -0.25) is 4.79 Å². The highest BCUT2D eigenvalue weighted by Gasteiger charge is 2.48. The molecule has 0 aromatic carbocycles. The number of nitrogens with zero attached hydrogens (tertiary/aromatic N) is 2. The second-order valence-corrected chi connectivity index (χ2v) is 6.94. The van der Waals surface area contributed by atoms with Gasteiger partial charge in [0.25, 0.3) is 0 Å². The smallest absolute Gasteiger partial charge is 0.225 e. The molecule has 4 nitrogen and oxygen atoms in total. The molecular formula is C16H29N3O. The van der Waals surface area contributed by atoms with Gasteiger partial charge in [-0.1, -0.05) is 0 Å². The normalized spacial score (nSPS) is 33.9. The van der Waals surface area contributed by atoms with Crippen molar-refractivity contribution in [1.29, 1.82) is 0 Å². The number of carbonyl (C=O) groups excluding carboxylic acids is 1. The Morgan fingerprint density at radius 1 is 1.00 bits per heavy atom. The van der Waals surface area contributed by atoms with Crippen molar-refractivity contribution in [3.8, 4) is 0 Å². The first-order chi connectivity index (χ1) is 9.78. The Morgan fingerprint density at radius 2 is 1.80 bits per heavy atom. The van der Waals surface area contributed by atoms with Gasteiger partial charge in [-0.15, -0.1) is 0 Å². The van der Waals surface area contributed by atoms with Gasteiger partial charge >= 0.3 is 0 Å². The molecule has 3 rings (SSSR count). The molecule has 114 valence electrons. The van der Waals surface area contributed by atoms with Crippen LogP contribution in [0.3, 0.4) is 0 Å². The van der Waals surface area contributed by atoms with Crippen LogP contribution >= 0.6 is 0 Å². The van der Waals surface area contributed by atoms with Gasteiger partial charge < -0.3 is 15.5 Å². The molecule has 1 saturated heterocycles. The average molecular weight is 279 g/mol. The van der Waals surface area contributed by atoms with Gasteiger partial charge in [0.15, 0.2) is 0 Å². The zero-order chi connectivity index (χ0) is 13.9. The third-order valence-corrected chi connectivity index (χ3v) is 5.42. The Labute approximate surface area is 122 Å². The topological polar surface area (TPSA) is 49.6 Å². The minimum Gasteiger partial charge on any atom is -0.341 e. The van der Waals surface area contributed by atoms with Crippen LogP contribution in [0.4, 0.5) is 0 Å². The maximum absolute atomic E-state index is 12.6. The summed E-state index contributed by atoms with van der Waals surface area (Å²) in [5.41, 5.74) is 5.55. The zero-order valence-electron chi connectivity index (χ0n) is 12.6. The molecule has 0 bridgehead atoms. The lowest BCUT2D eigenvalue weighted by molar-refractivity contribution is -0.135. The van der Waals surface area contributed by atoms with Crippen LogP contribution in [-0.4, -0.2) is 55.0 Å². The molecule has 1 heterocycles. The lowest BCUT2D eigenvalue weighted by atomic mass is 10.0. The summed E-state index contributed by atoms with van der Waals surface area (Å²) in [6.45, 7) is 6.04. The molecule has 0 spiro atoms. The Bertz CT molecular complexity index is 337. The van der Waals surface area contributed by atoms with E-state index in [4.69, 9.17) is 5.73 Å². The first-order valence-electron chi connectivity index (χ1n) is 8.49. The Kier molecular flexibility index (Phi) is 4.61. The quantitative estimate of drug-likeness (QED) is 0.772. The monoisotopic (exact) mass is 279 g/mol. The van der Waals surface area contributed by atoms with E-state index in [9.17, 15) is 4.79 Å². The highest BCUT2D eigenvalue weighted by Crippen LogP contribution is 2.54. The molecule has 0 aromatic rings. The predicted molar refractivity (Wildman–Crippen MR) is 80.2 cm³/mol. The van der Waals surface area contributed by atoms with Gasteiger partial charge in [0.2, 0.25) is 5.91 Å².